The van der Waals surface area contributed by atoms with E-state index in [1.54, 1.807) is 18.2 Å². The molecule has 2 aromatic carbocycles. The largest absolute Gasteiger partial charge is 0.289 e. The van der Waals surface area contributed by atoms with Crippen LogP contribution in [-0.4, -0.2) is 5.78 Å². The summed E-state index contributed by atoms with van der Waals surface area (Å²) in [6, 6.07) is 13.1. The maximum Gasteiger partial charge on any atom is 0.193 e. The van der Waals surface area contributed by atoms with E-state index in [1.165, 1.54) is 5.56 Å². The molecule has 21 heavy (non-hydrogen) atoms. The molecule has 0 unspecified atom stereocenters. The van der Waals surface area contributed by atoms with Gasteiger partial charge in [-0.05, 0) is 51.5 Å². The molecule has 3 heteroatoms. The Balaban J connectivity index is 2.30. The highest BCUT2D eigenvalue weighted by Crippen LogP contribution is 2.28. The molecule has 0 saturated carbocycles. The maximum atomic E-state index is 12.5. The zero-order valence-corrected chi connectivity index (χ0v) is 14.8. The number of halogens is 2. The van der Waals surface area contributed by atoms with E-state index in [2.05, 4.69) is 36.7 Å². The van der Waals surface area contributed by atoms with Gasteiger partial charge in [-0.15, -0.1) is 0 Å². The zero-order chi connectivity index (χ0) is 15.6. The standard InChI is InChI=1S/C18H18BrClO/c1-4-18(2,3)14-8-5-12(6-9-14)17(21)13-7-10-16(20)15(19)11-13/h5-11H,4H2,1-3H3. The van der Waals surface area contributed by atoms with Crippen LogP contribution in [0.15, 0.2) is 46.9 Å². The third-order valence-electron chi connectivity index (χ3n) is 3.99. The fourth-order valence-electron chi connectivity index (χ4n) is 2.08. The Kier molecular flexibility index (Phi) is 4.90. The van der Waals surface area contributed by atoms with Crippen LogP contribution >= 0.6 is 27.5 Å². The number of rotatable bonds is 4. The molecule has 0 aromatic heterocycles. The van der Waals surface area contributed by atoms with Crippen molar-refractivity contribution in [3.8, 4) is 0 Å². The summed E-state index contributed by atoms with van der Waals surface area (Å²) in [4.78, 5) is 12.5. The Morgan fingerprint density at radius 3 is 2.19 bits per heavy atom. The van der Waals surface area contributed by atoms with Crippen LogP contribution in [0.5, 0.6) is 0 Å². The predicted molar refractivity (Wildman–Crippen MR) is 92.3 cm³/mol. The van der Waals surface area contributed by atoms with Gasteiger partial charge in [0.25, 0.3) is 0 Å². The minimum Gasteiger partial charge on any atom is -0.289 e. The van der Waals surface area contributed by atoms with Gasteiger partial charge in [0.2, 0.25) is 0 Å². The molecule has 0 aliphatic carbocycles. The third kappa shape index (κ3) is 3.56. The molecule has 0 aliphatic heterocycles. The van der Waals surface area contributed by atoms with Crippen molar-refractivity contribution in [2.45, 2.75) is 32.6 Å². The van der Waals surface area contributed by atoms with Gasteiger partial charge in [0.15, 0.2) is 5.78 Å². The Bertz CT molecular complexity index is 659. The lowest BCUT2D eigenvalue weighted by Gasteiger charge is -2.23. The summed E-state index contributed by atoms with van der Waals surface area (Å²) in [7, 11) is 0. The second-order valence-corrected chi connectivity index (χ2v) is 7.03. The molecule has 0 amide bonds. The smallest absolute Gasteiger partial charge is 0.193 e. The monoisotopic (exact) mass is 364 g/mol. The van der Waals surface area contributed by atoms with Gasteiger partial charge < -0.3 is 0 Å². The van der Waals surface area contributed by atoms with E-state index < -0.39 is 0 Å². The Morgan fingerprint density at radius 1 is 1.10 bits per heavy atom. The number of carbonyl (C=O) groups is 1. The molecule has 2 aromatic rings. The SMILES string of the molecule is CCC(C)(C)c1ccc(C(=O)c2ccc(Cl)c(Br)c2)cc1. The van der Waals surface area contributed by atoms with Crippen LogP contribution in [-0.2, 0) is 5.41 Å². The fraction of sp³-hybridized carbons (Fsp3) is 0.278. The van der Waals surface area contributed by atoms with E-state index in [-0.39, 0.29) is 11.2 Å². The van der Waals surface area contributed by atoms with E-state index in [9.17, 15) is 4.79 Å². The van der Waals surface area contributed by atoms with E-state index in [1.807, 2.05) is 24.3 Å². The van der Waals surface area contributed by atoms with Gasteiger partial charge in [-0.2, -0.15) is 0 Å². The van der Waals surface area contributed by atoms with Crippen molar-refractivity contribution in [3.63, 3.8) is 0 Å². The summed E-state index contributed by atoms with van der Waals surface area (Å²) in [5.74, 6) is 0.00761. The van der Waals surface area contributed by atoms with Crippen LogP contribution in [0.2, 0.25) is 5.02 Å². The first kappa shape index (κ1) is 16.3. The van der Waals surface area contributed by atoms with Crippen LogP contribution in [0.1, 0.15) is 48.7 Å². The van der Waals surface area contributed by atoms with E-state index in [4.69, 9.17) is 11.6 Å². The summed E-state index contributed by atoms with van der Waals surface area (Å²) in [6.07, 6.45) is 1.06. The van der Waals surface area contributed by atoms with Gasteiger partial charge in [-0.25, -0.2) is 0 Å². The Hall–Kier alpha value is -1.12. The molecule has 0 N–H and O–H groups in total. The molecule has 0 aliphatic rings. The Labute approximate surface area is 139 Å². The van der Waals surface area contributed by atoms with Crippen LogP contribution in [0.4, 0.5) is 0 Å². The molecule has 2 rings (SSSR count). The average Bonchev–Trinajstić information content (AvgIpc) is 2.49. The van der Waals surface area contributed by atoms with Crippen LogP contribution in [0.25, 0.3) is 0 Å². The molecule has 0 radical (unpaired) electrons. The van der Waals surface area contributed by atoms with Gasteiger partial charge in [0, 0.05) is 15.6 Å². The minimum atomic E-state index is 0.00761. The molecule has 0 bridgehead atoms. The van der Waals surface area contributed by atoms with Crippen LogP contribution < -0.4 is 0 Å². The molecule has 0 fully saturated rings. The lowest BCUT2D eigenvalue weighted by molar-refractivity contribution is 0.103. The number of carbonyl (C=O) groups excluding carboxylic acids is 1. The first-order chi connectivity index (χ1) is 9.85. The van der Waals surface area contributed by atoms with Gasteiger partial charge in [0.05, 0.1) is 5.02 Å². The molecule has 110 valence electrons. The highest BCUT2D eigenvalue weighted by molar-refractivity contribution is 9.10. The van der Waals surface area contributed by atoms with E-state index >= 15 is 0 Å². The average molecular weight is 366 g/mol. The maximum absolute atomic E-state index is 12.5. The molecule has 0 saturated heterocycles. The highest BCUT2D eigenvalue weighted by Gasteiger charge is 2.18. The van der Waals surface area contributed by atoms with Gasteiger partial charge in [0.1, 0.15) is 0 Å². The number of hydrogen-bond acceptors (Lipinski definition) is 1. The fourth-order valence-corrected chi connectivity index (χ4v) is 2.58. The zero-order valence-electron chi connectivity index (χ0n) is 12.4. The molecule has 0 heterocycles. The number of hydrogen-bond donors (Lipinski definition) is 0. The second-order valence-electron chi connectivity index (χ2n) is 5.77. The molecule has 0 spiro atoms. The lowest BCUT2D eigenvalue weighted by Crippen LogP contribution is -2.15. The topological polar surface area (TPSA) is 17.1 Å². The molecule has 1 nitrogen and oxygen atoms in total. The quantitative estimate of drug-likeness (QED) is 0.605. The highest BCUT2D eigenvalue weighted by atomic mass is 79.9. The Morgan fingerprint density at radius 2 is 1.67 bits per heavy atom. The van der Waals surface area contributed by atoms with E-state index in [0.29, 0.717) is 16.1 Å². The van der Waals surface area contributed by atoms with Crippen molar-refractivity contribution >= 4 is 33.3 Å². The molecular formula is C18H18BrClO. The molecule has 0 atom stereocenters. The third-order valence-corrected chi connectivity index (χ3v) is 5.21. The number of ketones is 1. The number of benzene rings is 2. The van der Waals surface area contributed by atoms with Gasteiger partial charge in [-0.3, -0.25) is 4.79 Å². The van der Waals surface area contributed by atoms with Gasteiger partial charge >= 0.3 is 0 Å². The van der Waals surface area contributed by atoms with Crippen molar-refractivity contribution < 1.29 is 4.79 Å². The summed E-state index contributed by atoms with van der Waals surface area (Å²) in [5, 5.41) is 0.603. The van der Waals surface area contributed by atoms with Crippen molar-refractivity contribution in [1.29, 1.82) is 0 Å². The lowest BCUT2D eigenvalue weighted by atomic mass is 9.82. The normalized spacial score (nSPS) is 11.5. The van der Waals surface area contributed by atoms with Crippen molar-refractivity contribution in [2.75, 3.05) is 0 Å². The van der Waals surface area contributed by atoms with Crippen molar-refractivity contribution in [1.82, 2.24) is 0 Å². The summed E-state index contributed by atoms with van der Waals surface area (Å²) in [5.41, 5.74) is 2.71. The van der Waals surface area contributed by atoms with Crippen molar-refractivity contribution in [2.24, 2.45) is 0 Å². The van der Waals surface area contributed by atoms with Crippen molar-refractivity contribution in [3.05, 3.63) is 68.7 Å². The molecular weight excluding hydrogens is 348 g/mol. The second kappa shape index (κ2) is 6.33. The minimum absolute atomic E-state index is 0.00761. The summed E-state index contributed by atoms with van der Waals surface area (Å²) >= 11 is 9.31. The summed E-state index contributed by atoms with van der Waals surface area (Å²) in [6.45, 7) is 6.59. The van der Waals surface area contributed by atoms with E-state index in [0.717, 1.165) is 10.9 Å². The first-order valence-electron chi connectivity index (χ1n) is 6.95. The summed E-state index contributed by atoms with van der Waals surface area (Å²) < 4.78 is 0.735. The first-order valence-corrected chi connectivity index (χ1v) is 8.12. The van der Waals surface area contributed by atoms with Crippen LogP contribution in [0.3, 0.4) is 0 Å². The van der Waals surface area contributed by atoms with Gasteiger partial charge in [-0.1, -0.05) is 56.6 Å². The predicted octanol–water partition coefficient (Wildman–Crippen LogP) is 6.02. The van der Waals surface area contributed by atoms with Crippen LogP contribution in [0, 0.1) is 0 Å².